The summed E-state index contributed by atoms with van der Waals surface area (Å²) in [6.07, 6.45) is 8.61. The predicted molar refractivity (Wildman–Crippen MR) is 155 cm³/mol. The number of aromatic hydroxyl groups is 1. The monoisotopic (exact) mass is 560 g/mol. The molecule has 4 aromatic rings. The van der Waals surface area contributed by atoms with E-state index >= 15 is 4.39 Å². The lowest BCUT2D eigenvalue weighted by Gasteiger charge is -2.42. The topological polar surface area (TPSA) is 78.6 Å². The van der Waals surface area contributed by atoms with Gasteiger partial charge < -0.3 is 19.9 Å². The van der Waals surface area contributed by atoms with Crippen LogP contribution in [0.1, 0.15) is 26.2 Å². The van der Waals surface area contributed by atoms with Gasteiger partial charge in [-0.2, -0.15) is 0 Å². The normalized spacial score (nSPS) is 22.0. The zero-order valence-electron chi connectivity index (χ0n) is 22.4. The Labute approximate surface area is 236 Å². The van der Waals surface area contributed by atoms with Crippen LogP contribution in [0.4, 0.5) is 15.9 Å². The standard InChI is InChI=1S/C30H30ClFN6O2/c1-18-34-28-26(36-9-7-30(17-36)6-3-8-38(18)30)13-20(16-33-28)23-15-21(32)14-22(27(23)39)19-4-5-25(24(31)12-19)37-11-10-35(2)29(37)40/h4-5,10-16,18,39H,3,6-9,17H2,1-2H3,(H,33,34). The summed E-state index contributed by atoms with van der Waals surface area (Å²) < 4.78 is 17.9. The van der Waals surface area contributed by atoms with Crippen LogP contribution in [0.3, 0.4) is 0 Å². The summed E-state index contributed by atoms with van der Waals surface area (Å²) in [7, 11) is 1.66. The first-order valence-corrected chi connectivity index (χ1v) is 14.0. The summed E-state index contributed by atoms with van der Waals surface area (Å²) in [5, 5.41) is 15.3. The lowest BCUT2D eigenvalue weighted by atomic mass is 9.94. The van der Waals surface area contributed by atoms with E-state index in [-0.39, 0.29) is 23.1 Å². The van der Waals surface area contributed by atoms with E-state index in [1.54, 1.807) is 43.8 Å². The van der Waals surface area contributed by atoms with Crippen LogP contribution in [-0.4, -0.2) is 55.5 Å². The number of rotatable bonds is 3. The fraction of sp³-hybridized carbons (Fsp3) is 0.333. The van der Waals surface area contributed by atoms with Gasteiger partial charge in [-0.3, -0.25) is 9.47 Å². The van der Waals surface area contributed by atoms with Gasteiger partial charge in [0.05, 0.1) is 22.6 Å². The first-order valence-electron chi connectivity index (χ1n) is 13.6. The van der Waals surface area contributed by atoms with Crippen LogP contribution in [0, 0.1) is 5.82 Å². The molecule has 0 radical (unpaired) electrons. The second kappa shape index (κ2) is 9.11. The van der Waals surface area contributed by atoms with E-state index in [0.29, 0.717) is 33.0 Å². The number of nitrogens with zero attached hydrogens (tertiary/aromatic N) is 5. The summed E-state index contributed by atoms with van der Waals surface area (Å²) in [6.45, 7) is 5.14. The third-order valence-electron chi connectivity index (χ3n) is 8.86. The summed E-state index contributed by atoms with van der Waals surface area (Å²) in [5.41, 5.74) is 3.25. The molecule has 5 heterocycles. The molecule has 0 aliphatic carbocycles. The Bertz CT molecular complexity index is 1720. The minimum Gasteiger partial charge on any atom is -0.507 e. The van der Waals surface area contributed by atoms with Crippen molar-refractivity contribution in [2.45, 2.75) is 37.9 Å². The summed E-state index contributed by atoms with van der Waals surface area (Å²) in [6, 6.07) is 9.68. The molecule has 2 aromatic carbocycles. The van der Waals surface area contributed by atoms with Crippen molar-refractivity contribution < 1.29 is 9.50 Å². The molecule has 1 spiro atoms. The molecule has 2 atom stereocenters. The molecule has 10 heteroatoms. The number of anilines is 2. The van der Waals surface area contributed by atoms with Crippen LogP contribution in [-0.2, 0) is 7.05 Å². The van der Waals surface area contributed by atoms with Gasteiger partial charge in [-0.1, -0.05) is 17.7 Å². The number of aromatic nitrogens is 3. The number of phenolic OH excluding ortho intramolecular Hbond substituents is 1. The highest BCUT2D eigenvalue weighted by molar-refractivity contribution is 6.32. The van der Waals surface area contributed by atoms with E-state index in [1.807, 2.05) is 6.07 Å². The highest BCUT2D eigenvalue weighted by atomic mass is 35.5. The van der Waals surface area contributed by atoms with Gasteiger partial charge in [0.2, 0.25) is 0 Å². The fourth-order valence-corrected chi connectivity index (χ4v) is 7.12. The van der Waals surface area contributed by atoms with Crippen molar-refractivity contribution >= 4 is 23.1 Å². The maximum Gasteiger partial charge on any atom is 0.332 e. The minimum atomic E-state index is -0.484. The average Bonchev–Trinajstić information content (AvgIpc) is 3.65. The summed E-state index contributed by atoms with van der Waals surface area (Å²) in [5.74, 6) is 0.256. The Morgan fingerprint density at radius 3 is 2.62 bits per heavy atom. The molecule has 8 nitrogen and oxygen atoms in total. The smallest absolute Gasteiger partial charge is 0.332 e. The fourth-order valence-electron chi connectivity index (χ4n) is 6.85. The Morgan fingerprint density at radius 1 is 1.07 bits per heavy atom. The Hall–Kier alpha value is -3.82. The SMILES string of the molecule is CC1Nc2ncc(-c3cc(F)cc(-c4ccc(-n5ccn(C)c5=O)c(Cl)c4)c3O)cc2N2CCC3(CCCN13)C2. The Morgan fingerprint density at radius 2 is 1.88 bits per heavy atom. The first kappa shape index (κ1) is 25.2. The van der Waals surface area contributed by atoms with E-state index in [2.05, 4.69) is 22.0 Å². The lowest BCUT2D eigenvalue weighted by Crippen LogP contribution is -2.53. The molecule has 2 fully saturated rings. The van der Waals surface area contributed by atoms with Crippen molar-refractivity contribution in [1.29, 1.82) is 0 Å². The Kier molecular flexibility index (Phi) is 5.73. The molecule has 0 amide bonds. The number of imidazole rings is 1. The van der Waals surface area contributed by atoms with Crippen molar-refractivity contribution in [3.63, 3.8) is 0 Å². The number of pyridine rings is 1. The molecule has 40 heavy (non-hydrogen) atoms. The second-order valence-electron chi connectivity index (χ2n) is 11.2. The first-order chi connectivity index (χ1) is 19.2. The van der Waals surface area contributed by atoms with Gasteiger partial charge in [0, 0.05) is 67.5 Å². The van der Waals surface area contributed by atoms with Crippen molar-refractivity contribution in [3.05, 3.63) is 76.3 Å². The van der Waals surface area contributed by atoms with Crippen LogP contribution in [0.2, 0.25) is 5.02 Å². The van der Waals surface area contributed by atoms with Crippen LogP contribution >= 0.6 is 11.6 Å². The van der Waals surface area contributed by atoms with Crippen molar-refractivity contribution in [2.24, 2.45) is 7.05 Å². The average molecular weight is 561 g/mol. The second-order valence-corrected chi connectivity index (χ2v) is 11.6. The Balaban J connectivity index is 1.28. The minimum absolute atomic E-state index is 0.0594. The third-order valence-corrected chi connectivity index (χ3v) is 9.16. The largest absolute Gasteiger partial charge is 0.507 e. The highest BCUT2D eigenvalue weighted by Crippen LogP contribution is 2.46. The number of aryl methyl sites for hydroxylation is 1. The van der Waals surface area contributed by atoms with Crippen LogP contribution in [0.25, 0.3) is 27.9 Å². The number of fused-ring (bicyclic) bond motifs is 3. The van der Waals surface area contributed by atoms with Crippen LogP contribution in [0.15, 0.2) is 59.8 Å². The molecule has 2 saturated heterocycles. The number of hydrogen-bond donors (Lipinski definition) is 2. The van der Waals surface area contributed by atoms with Gasteiger partial charge in [-0.25, -0.2) is 14.2 Å². The number of hydrogen-bond acceptors (Lipinski definition) is 6. The highest BCUT2D eigenvalue weighted by Gasteiger charge is 2.49. The number of phenols is 1. The number of nitrogens with one attached hydrogen (secondary N) is 1. The summed E-state index contributed by atoms with van der Waals surface area (Å²) >= 11 is 6.57. The van der Waals surface area contributed by atoms with Crippen molar-refractivity contribution in [2.75, 3.05) is 29.9 Å². The molecule has 2 bridgehead atoms. The maximum absolute atomic E-state index is 15.0. The lowest BCUT2D eigenvalue weighted by molar-refractivity contribution is 0.123. The molecule has 206 valence electrons. The van der Waals surface area contributed by atoms with Crippen molar-refractivity contribution in [1.82, 2.24) is 19.0 Å². The molecule has 2 unspecified atom stereocenters. The van der Waals surface area contributed by atoms with E-state index < -0.39 is 5.82 Å². The van der Waals surface area contributed by atoms with Gasteiger partial charge in [-0.15, -0.1) is 0 Å². The number of halogens is 2. The van der Waals surface area contributed by atoms with E-state index in [9.17, 15) is 9.90 Å². The predicted octanol–water partition coefficient (Wildman–Crippen LogP) is 5.22. The van der Waals surface area contributed by atoms with Crippen LogP contribution < -0.4 is 15.9 Å². The number of benzene rings is 2. The van der Waals surface area contributed by atoms with Gasteiger partial charge in [0.15, 0.2) is 5.82 Å². The van der Waals surface area contributed by atoms with Gasteiger partial charge in [-0.05, 0) is 62.1 Å². The van der Waals surface area contributed by atoms with Gasteiger partial charge in [0.25, 0.3) is 0 Å². The van der Waals surface area contributed by atoms with Crippen molar-refractivity contribution in [3.8, 4) is 33.7 Å². The molecule has 7 rings (SSSR count). The van der Waals surface area contributed by atoms with E-state index in [1.165, 1.54) is 34.1 Å². The molecule has 0 saturated carbocycles. The maximum atomic E-state index is 15.0. The summed E-state index contributed by atoms with van der Waals surface area (Å²) in [4.78, 5) is 22.1. The molecular weight excluding hydrogens is 531 g/mol. The molecule has 3 aliphatic heterocycles. The van der Waals surface area contributed by atoms with Crippen LogP contribution in [0.5, 0.6) is 5.75 Å². The van der Waals surface area contributed by atoms with E-state index in [4.69, 9.17) is 16.6 Å². The van der Waals surface area contributed by atoms with Gasteiger partial charge in [0.1, 0.15) is 11.6 Å². The zero-order valence-corrected chi connectivity index (χ0v) is 23.1. The zero-order chi connectivity index (χ0) is 27.8. The molecular formula is C30H30ClFN6O2. The molecule has 2 aromatic heterocycles. The third kappa shape index (κ3) is 3.83. The molecule has 3 aliphatic rings. The quantitative estimate of drug-likeness (QED) is 0.358. The van der Waals surface area contributed by atoms with E-state index in [0.717, 1.165) is 37.6 Å². The van der Waals surface area contributed by atoms with Gasteiger partial charge >= 0.3 is 5.69 Å². The molecule has 2 N–H and O–H groups in total.